The van der Waals surface area contributed by atoms with Crippen LogP contribution in [0.25, 0.3) is 32.9 Å². The molecule has 0 bridgehead atoms. The summed E-state index contributed by atoms with van der Waals surface area (Å²) >= 11 is 0. The Bertz CT molecular complexity index is 1430. The third-order valence-electron chi connectivity index (χ3n) is 6.60. The number of hydrogen-bond donors (Lipinski definition) is 2. The molecule has 6 rings (SSSR count). The number of aromatic nitrogens is 4. The topological polar surface area (TPSA) is 120 Å². The number of amides is 1. The summed E-state index contributed by atoms with van der Waals surface area (Å²) in [5.41, 5.74) is 7.93. The molecule has 10 nitrogen and oxygen atoms in total. The SMILES string of the molecule is Cn1cc2cc(-c3ccc(N4CCNCC4)c4cnc(OCC5(C)COC5)nc34)cc(F)c2n1.NC=O. The van der Waals surface area contributed by atoms with Gasteiger partial charge in [-0.15, -0.1) is 0 Å². The zero-order valence-corrected chi connectivity index (χ0v) is 20.9. The van der Waals surface area contributed by atoms with Crippen LogP contribution in [-0.4, -0.2) is 72.2 Å². The normalized spacial score (nSPS) is 16.7. The Morgan fingerprint density at radius 2 is 2.00 bits per heavy atom. The molecular weight excluding hydrogens is 477 g/mol. The number of nitrogens with zero attached hydrogens (tertiary/aromatic N) is 5. The average molecular weight is 508 g/mol. The van der Waals surface area contributed by atoms with Gasteiger partial charge in [0.15, 0.2) is 5.82 Å². The van der Waals surface area contributed by atoms with Crippen molar-refractivity contribution >= 4 is 33.9 Å². The summed E-state index contributed by atoms with van der Waals surface area (Å²) in [5.74, 6) is -0.351. The molecule has 0 aliphatic carbocycles. The number of primary amides is 1. The van der Waals surface area contributed by atoms with Gasteiger partial charge in [-0.1, -0.05) is 13.0 Å². The summed E-state index contributed by atoms with van der Waals surface area (Å²) in [6.07, 6.45) is 3.90. The molecule has 2 aliphatic rings. The van der Waals surface area contributed by atoms with E-state index in [-0.39, 0.29) is 17.6 Å². The number of piperazine rings is 1. The zero-order chi connectivity index (χ0) is 26.0. The van der Waals surface area contributed by atoms with E-state index in [0.717, 1.165) is 59.3 Å². The van der Waals surface area contributed by atoms with E-state index in [1.165, 1.54) is 6.07 Å². The largest absolute Gasteiger partial charge is 0.463 e. The number of halogens is 1. The van der Waals surface area contributed by atoms with Crippen molar-refractivity contribution in [1.29, 1.82) is 0 Å². The van der Waals surface area contributed by atoms with Crippen molar-refractivity contribution in [3.8, 4) is 17.1 Å². The Morgan fingerprint density at radius 3 is 2.70 bits per heavy atom. The van der Waals surface area contributed by atoms with Crippen LogP contribution in [-0.2, 0) is 16.6 Å². The van der Waals surface area contributed by atoms with Gasteiger partial charge in [-0.25, -0.2) is 9.37 Å². The number of ether oxygens (including phenoxy) is 2. The molecule has 2 aromatic carbocycles. The third kappa shape index (κ3) is 5.05. The van der Waals surface area contributed by atoms with Gasteiger partial charge < -0.3 is 25.4 Å². The molecule has 11 heteroatoms. The molecule has 3 N–H and O–H groups in total. The molecule has 2 saturated heterocycles. The highest BCUT2D eigenvalue weighted by molar-refractivity contribution is 6.02. The van der Waals surface area contributed by atoms with Gasteiger partial charge in [0.2, 0.25) is 6.41 Å². The zero-order valence-electron chi connectivity index (χ0n) is 20.9. The van der Waals surface area contributed by atoms with Gasteiger partial charge in [-0.3, -0.25) is 9.48 Å². The van der Waals surface area contributed by atoms with Gasteiger partial charge in [0, 0.05) is 73.1 Å². The number of carbonyl (C=O) groups is 1. The minimum absolute atomic E-state index is 0.0156. The molecule has 2 fully saturated rings. The van der Waals surface area contributed by atoms with E-state index < -0.39 is 0 Å². The molecule has 0 unspecified atom stereocenters. The summed E-state index contributed by atoms with van der Waals surface area (Å²) in [4.78, 5) is 20.3. The molecule has 1 amide bonds. The molecule has 4 heterocycles. The maximum Gasteiger partial charge on any atom is 0.316 e. The second-order valence-electron chi connectivity index (χ2n) is 9.71. The number of nitrogens with one attached hydrogen (secondary N) is 1. The molecule has 37 heavy (non-hydrogen) atoms. The second kappa shape index (κ2) is 10.3. The Morgan fingerprint density at radius 1 is 1.24 bits per heavy atom. The van der Waals surface area contributed by atoms with Crippen LogP contribution in [0.15, 0.2) is 36.7 Å². The third-order valence-corrected chi connectivity index (χ3v) is 6.60. The lowest BCUT2D eigenvalue weighted by Crippen LogP contribution is -2.44. The lowest BCUT2D eigenvalue weighted by molar-refractivity contribution is -0.121. The molecule has 0 atom stereocenters. The van der Waals surface area contributed by atoms with E-state index in [1.807, 2.05) is 24.5 Å². The molecular formula is C26H30FN7O3. The number of aryl methyl sites for hydroxylation is 1. The maximum atomic E-state index is 14.9. The van der Waals surface area contributed by atoms with E-state index in [4.69, 9.17) is 19.3 Å². The van der Waals surface area contributed by atoms with Gasteiger partial charge >= 0.3 is 6.01 Å². The molecule has 2 aromatic heterocycles. The Hall–Kier alpha value is -3.83. The Labute approximate surface area is 213 Å². The lowest BCUT2D eigenvalue weighted by atomic mass is 9.90. The lowest BCUT2D eigenvalue weighted by Gasteiger charge is -2.37. The van der Waals surface area contributed by atoms with Crippen LogP contribution in [0.5, 0.6) is 6.01 Å². The van der Waals surface area contributed by atoms with Crippen molar-refractivity contribution in [1.82, 2.24) is 25.1 Å². The number of hydrogen-bond acceptors (Lipinski definition) is 8. The predicted molar refractivity (Wildman–Crippen MR) is 139 cm³/mol. The van der Waals surface area contributed by atoms with Crippen LogP contribution < -0.4 is 20.7 Å². The van der Waals surface area contributed by atoms with Crippen LogP contribution in [0.4, 0.5) is 10.1 Å². The standard InChI is InChI=1S/C25H27FN6O2.CH3NO/c1-25(13-33-14-25)15-34-24-28-11-19-21(32-7-5-27-6-8-32)4-3-18(23(19)29-24)16-9-17-12-31(2)30-22(17)20(26)10-16;2-1-3/h3-4,9-12,27H,5-8,13-15H2,1-2H3;1H,(H2,2,3). The highest BCUT2D eigenvalue weighted by Gasteiger charge is 2.34. The predicted octanol–water partition coefficient (Wildman–Crippen LogP) is 2.25. The van der Waals surface area contributed by atoms with Gasteiger partial charge in [0.05, 0.1) is 18.7 Å². The first-order valence-electron chi connectivity index (χ1n) is 12.2. The van der Waals surface area contributed by atoms with Crippen LogP contribution in [0.3, 0.4) is 0 Å². The minimum atomic E-state index is -0.351. The van der Waals surface area contributed by atoms with E-state index in [1.54, 1.807) is 11.7 Å². The average Bonchev–Trinajstić information content (AvgIpc) is 3.27. The van der Waals surface area contributed by atoms with Crippen LogP contribution in [0.2, 0.25) is 0 Å². The Kier molecular flexibility index (Phi) is 6.90. The highest BCUT2D eigenvalue weighted by atomic mass is 19.1. The van der Waals surface area contributed by atoms with E-state index in [2.05, 4.69) is 39.0 Å². The highest BCUT2D eigenvalue weighted by Crippen LogP contribution is 2.36. The van der Waals surface area contributed by atoms with E-state index in [9.17, 15) is 4.39 Å². The van der Waals surface area contributed by atoms with Gasteiger partial charge in [-0.2, -0.15) is 10.1 Å². The first kappa shape index (κ1) is 24.8. The fourth-order valence-corrected chi connectivity index (χ4v) is 4.71. The maximum absolute atomic E-state index is 14.9. The van der Waals surface area contributed by atoms with Gasteiger partial charge in [-0.05, 0) is 23.8 Å². The number of benzene rings is 2. The molecule has 0 radical (unpaired) electrons. The van der Waals surface area contributed by atoms with Crippen LogP contribution in [0, 0.1) is 11.2 Å². The summed E-state index contributed by atoms with van der Waals surface area (Å²) in [7, 11) is 1.79. The first-order valence-corrected chi connectivity index (χ1v) is 12.2. The summed E-state index contributed by atoms with van der Waals surface area (Å²) in [6.45, 7) is 7.61. The molecule has 2 aliphatic heterocycles. The fourth-order valence-electron chi connectivity index (χ4n) is 4.71. The first-order chi connectivity index (χ1) is 17.9. The number of rotatable bonds is 5. The molecule has 0 spiro atoms. The Balaban J connectivity index is 0.000000892. The van der Waals surface area contributed by atoms with Crippen molar-refractivity contribution in [2.45, 2.75) is 6.92 Å². The summed E-state index contributed by atoms with van der Waals surface area (Å²) in [6, 6.07) is 7.92. The number of nitrogens with two attached hydrogens (primary N) is 1. The number of anilines is 1. The number of fused-ring (bicyclic) bond motifs is 2. The second-order valence-corrected chi connectivity index (χ2v) is 9.71. The van der Waals surface area contributed by atoms with E-state index >= 15 is 0 Å². The molecule has 0 saturated carbocycles. The quantitative estimate of drug-likeness (QED) is 0.395. The van der Waals surface area contributed by atoms with Crippen molar-refractivity contribution < 1.29 is 18.7 Å². The minimum Gasteiger partial charge on any atom is -0.463 e. The van der Waals surface area contributed by atoms with Gasteiger partial charge in [0.25, 0.3) is 0 Å². The summed E-state index contributed by atoms with van der Waals surface area (Å²) < 4.78 is 27.9. The van der Waals surface area contributed by atoms with Crippen molar-refractivity contribution in [2.75, 3.05) is 50.9 Å². The van der Waals surface area contributed by atoms with E-state index in [0.29, 0.717) is 31.3 Å². The molecule has 194 valence electrons. The summed E-state index contributed by atoms with van der Waals surface area (Å²) in [5, 5.41) is 9.30. The van der Waals surface area contributed by atoms with Crippen LogP contribution in [0.1, 0.15) is 6.92 Å². The fraction of sp³-hybridized carbons (Fsp3) is 0.385. The van der Waals surface area contributed by atoms with Crippen molar-refractivity contribution in [3.63, 3.8) is 0 Å². The molecule has 4 aromatic rings. The van der Waals surface area contributed by atoms with Crippen molar-refractivity contribution in [3.05, 3.63) is 42.5 Å². The number of carbonyl (C=O) groups excluding carboxylic acids is 1. The van der Waals surface area contributed by atoms with Crippen molar-refractivity contribution in [2.24, 2.45) is 18.2 Å². The smallest absolute Gasteiger partial charge is 0.316 e. The monoisotopic (exact) mass is 507 g/mol. The van der Waals surface area contributed by atoms with Crippen LogP contribution >= 0.6 is 0 Å². The van der Waals surface area contributed by atoms with Gasteiger partial charge in [0.1, 0.15) is 12.1 Å².